The van der Waals surface area contributed by atoms with E-state index < -0.39 is 17.5 Å². The predicted molar refractivity (Wildman–Crippen MR) is 127 cm³/mol. The van der Waals surface area contributed by atoms with E-state index in [0.717, 1.165) is 42.3 Å². The van der Waals surface area contributed by atoms with Crippen LogP contribution >= 0.6 is 0 Å². The Morgan fingerprint density at radius 1 is 0.914 bits per heavy atom. The highest BCUT2D eigenvalue weighted by Crippen LogP contribution is 2.41. The Balaban J connectivity index is 1.21. The standard InChI is InChI=1S/C27H26F3N3O2/c1-31-21-5-3-2-4-19(21)16-22(31)26(35)32-13-10-27(11-14-32)12-15-33(17-27)23(34)9-7-18-6-8-20(28)25(30)24(18)29/h2-9,16H,10-15,17H2,1H3/b9-7+. The molecule has 2 saturated heterocycles. The molecule has 1 aromatic heterocycles. The number of aromatic nitrogens is 1. The highest BCUT2D eigenvalue weighted by molar-refractivity contribution is 5.98. The van der Waals surface area contributed by atoms with Crippen molar-refractivity contribution in [3.63, 3.8) is 0 Å². The van der Waals surface area contributed by atoms with Gasteiger partial charge in [0.15, 0.2) is 17.5 Å². The maximum Gasteiger partial charge on any atom is 0.270 e. The predicted octanol–water partition coefficient (Wildman–Crippen LogP) is 4.76. The summed E-state index contributed by atoms with van der Waals surface area (Å²) in [7, 11) is 1.90. The number of halogens is 3. The summed E-state index contributed by atoms with van der Waals surface area (Å²) in [4.78, 5) is 29.5. The highest BCUT2D eigenvalue weighted by Gasteiger charge is 2.42. The summed E-state index contributed by atoms with van der Waals surface area (Å²) in [6, 6.07) is 11.8. The quantitative estimate of drug-likeness (QED) is 0.400. The van der Waals surface area contributed by atoms with Crippen LogP contribution in [-0.4, -0.2) is 52.4 Å². The van der Waals surface area contributed by atoms with Gasteiger partial charge in [0.05, 0.1) is 0 Å². The molecule has 8 heteroatoms. The van der Waals surface area contributed by atoms with Crippen LogP contribution < -0.4 is 0 Å². The van der Waals surface area contributed by atoms with Crippen LogP contribution in [0.1, 0.15) is 35.3 Å². The van der Waals surface area contributed by atoms with Crippen molar-refractivity contribution in [3.8, 4) is 0 Å². The molecule has 182 valence electrons. The number of hydrogen-bond donors (Lipinski definition) is 0. The Labute approximate surface area is 201 Å². The summed E-state index contributed by atoms with van der Waals surface area (Å²) >= 11 is 0. The van der Waals surface area contributed by atoms with Crippen molar-refractivity contribution in [1.29, 1.82) is 0 Å². The zero-order valence-corrected chi connectivity index (χ0v) is 19.4. The molecular formula is C27H26F3N3O2. The molecule has 0 N–H and O–H groups in total. The van der Waals surface area contributed by atoms with E-state index >= 15 is 0 Å². The second kappa shape index (κ2) is 8.91. The fourth-order valence-corrected chi connectivity index (χ4v) is 5.31. The first-order valence-corrected chi connectivity index (χ1v) is 11.7. The van der Waals surface area contributed by atoms with Crippen LogP contribution in [0.4, 0.5) is 13.2 Å². The zero-order valence-electron chi connectivity index (χ0n) is 19.4. The van der Waals surface area contributed by atoms with Crippen LogP contribution in [0.2, 0.25) is 0 Å². The number of piperidine rings is 1. The number of nitrogens with zero attached hydrogens (tertiary/aromatic N) is 3. The molecule has 2 aliphatic rings. The van der Waals surface area contributed by atoms with Gasteiger partial charge in [-0.1, -0.05) is 18.2 Å². The fraction of sp³-hybridized carbons (Fsp3) is 0.333. The van der Waals surface area contributed by atoms with Crippen molar-refractivity contribution in [2.24, 2.45) is 12.5 Å². The van der Waals surface area contributed by atoms with Crippen LogP contribution in [0.3, 0.4) is 0 Å². The molecule has 1 spiro atoms. The second-order valence-corrected chi connectivity index (χ2v) is 9.55. The fourth-order valence-electron chi connectivity index (χ4n) is 5.31. The second-order valence-electron chi connectivity index (χ2n) is 9.55. The third-order valence-electron chi connectivity index (χ3n) is 7.50. The lowest BCUT2D eigenvalue weighted by atomic mass is 9.77. The van der Waals surface area contributed by atoms with Gasteiger partial charge in [-0.3, -0.25) is 9.59 Å². The third-order valence-corrected chi connectivity index (χ3v) is 7.50. The number of aryl methyl sites for hydroxylation is 1. The Bertz CT molecular complexity index is 1340. The van der Waals surface area contributed by atoms with Crippen LogP contribution in [0.5, 0.6) is 0 Å². The zero-order chi connectivity index (χ0) is 24.7. The summed E-state index contributed by atoms with van der Waals surface area (Å²) in [5, 5.41) is 1.04. The van der Waals surface area contributed by atoms with E-state index in [1.165, 1.54) is 12.2 Å². The molecule has 3 heterocycles. The smallest absolute Gasteiger partial charge is 0.270 e. The lowest BCUT2D eigenvalue weighted by Gasteiger charge is -2.39. The van der Waals surface area contributed by atoms with Gasteiger partial charge in [-0.15, -0.1) is 0 Å². The van der Waals surface area contributed by atoms with Crippen molar-refractivity contribution in [3.05, 3.63) is 77.2 Å². The molecule has 0 atom stereocenters. The number of carbonyl (C=O) groups is 2. The topological polar surface area (TPSA) is 45.6 Å². The van der Waals surface area contributed by atoms with E-state index in [-0.39, 0.29) is 22.8 Å². The third kappa shape index (κ3) is 4.22. The molecule has 35 heavy (non-hydrogen) atoms. The Kier molecular flexibility index (Phi) is 5.91. The van der Waals surface area contributed by atoms with Crippen molar-refractivity contribution >= 4 is 28.8 Å². The Hall–Kier alpha value is -3.55. The number of likely N-dealkylation sites (tertiary alicyclic amines) is 2. The minimum atomic E-state index is -1.55. The molecule has 5 rings (SSSR count). The minimum absolute atomic E-state index is 0.0148. The van der Waals surface area contributed by atoms with Gasteiger partial charge in [0.2, 0.25) is 5.91 Å². The van der Waals surface area contributed by atoms with E-state index in [9.17, 15) is 22.8 Å². The molecule has 5 nitrogen and oxygen atoms in total. The summed E-state index contributed by atoms with van der Waals surface area (Å²) < 4.78 is 42.3. The molecule has 0 saturated carbocycles. The number of para-hydroxylation sites is 1. The first kappa shape index (κ1) is 23.2. The van der Waals surface area contributed by atoms with Gasteiger partial charge >= 0.3 is 0 Å². The number of benzene rings is 2. The molecule has 2 fully saturated rings. The van der Waals surface area contributed by atoms with Gasteiger partial charge in [0.25, 0.3) is 5.91 Å². The summed E-state index contributed by atoms with van der Waals surface area (Å²) in [5.74, 6) is -4.40. The van der Waals surface area contributed by atoms with E-state index in [2.05, 4.69) is 0 Å². The number of hydrogen-bond acceptors (Lipinski definition) is 2. The molecule has 2 amide bonds. The maximum atomic E-state index is 13.9. The van der Waals surface area contributed by atoms with Gasteiger partial charge in [-0.2, -0.15) is 0 Å². The lowest BCUT2D eigenvalue weighted by Crippen LogP contribution is -2.45. The molecule has 0 unspecified atom stereocenters. The molecule has 0 radical (unpaired) electrons. The van der Waals surface area contributed by atoms with Crippen LogP contribution in [0.15, 0.2) is 48.5 Å². The summed E-state index contributed by atoms with van der Waals surface area (Å²) in [6.45, 7) is 2.38. The average molecular weight is 482 g/mol. The molecule has 2 aromatic carbocycles. The maximum absolute atomic E-state index is 13.9. The van der Waals surface area contributed by atoms with Crippen molar-refractivity contribution < 1.29 is 22.8 Å². The molecule has 0 bridgehead atoms. The largest absolute Gasteiger partial charge is 0.340 e. The summed E-state index contributed by atoms with van der Waals surface area (Å²) in [5.41, 5.74) is 1.46. The molecule has 3 aromatic rings. The van der Waals surface area contributed by atoms with Gasteiger partial charge in [-0.25, -0.2) is 13.2 Å². The SMILES string of the molecule is Cn1c(C(=O)N2CCC3(CCN(C(=O)/C=C/c4ccc(F)c(F)c4F)C3)CC2)cc2ccccc21. The first-order chi connectivity index (χ1) is 16.8. The number of carbonyl (C=O) groups excluding carboxylic acids is 2. The van der Waals surface area contributed by atoms with E-state index in [0.29, 0.717) is 31.9 Å². The average Bonchev–Trinajstić information content (AvgIpc) is 3.43. The molecular weight excluding hydrogens is 455 g/mol. The first-order valence-electron chi connectivity index (χ1n) is 11.7. The minimum Gasteiger partial charge on any atom is -0.340 e. The summed E-state index contributed by atoms with van der Waals surface area (Å²) in [6.07, 6.45) is 4.81. The van der Waals surface area contributed by atoms with E-state index in [1.807, 2.05) is 46.8 Å². The molecule has 0 aliphatic carbocycles. The Morgan fingerprint density at radius 2 is 1.60 bits per heavy atom. The van der Waals surface area contributed by atoms with E-state index in [4.69, 9.17) is 0 Å². The van der Waals surface area contributed by atoms with Crippen LogP contribution in [0.25, 0.3) is 17.0 Å². The highest BCUT2D eigenvalue weighted by atomic mass is 19.2. The van der Waals surface area contributed by atoms with Gasteiger partial charge < -0.3 is 14.4 Å². The lowest BCUT2D eigenvalue weighted by molar-refractivity contribution is -0.125. The van der Waals surface area contributed by atoms with Crippen molar-refractivity contribution in [2.75, 3.05) is 26.2 Å². The molecule has 2 aliphatic heterocycles. The normalized spacial score (nSPS) is 17.7. The van der Waals surface area contributed by atoms with Gasteiger partial charge in [-0.05, 0) is 55.0 Å². The van der Waals surface area contributed by atoms with Crippen molar-refractivity contribution in [2.45, 2.75) is 19.3 Å². The van der Waals surface area contributed by atoms with E-state index in [1.54, 1.807) is 4.90 Å². The monoisotopic (exact) mass is 481 g/mol. The number of amides is 2. The van der Waals surface area contributed by atoms with Crippen molar-refractivity contribution in [1.82, 2.24) is 14.4 Å². The van der Waals surface area contributed by atoms with Gasteiger partial charge in [0, 0.05) is 55.8 Å². The Morgan fingerprint density at radius 3 is 2.31 bits per heavy atom. The number of rotatable bonds is 3. The van der Waals surface area contributed by atoms with Crippen LogP contribution in [-0.2, 0) is 11.8 Å². The number of fused-ring (bicyclic) bond motifs is 1. The van der Waals surface area contributed by atoms with Crippen LogP contribution in [0, 0.1) is 22.9 Å². The van der Waals surface area contributed by atoms with Gasteiger partial charge in [0.1, 0.15) is 5.69 Å².